The van der Waals surface area contributed by atoms with E-state index in [9.17, 15) is 0 Å². The monoisotopic (exact) mass is 328 g/mol. The minimum absolute atomic E-state index is 0.409. The molecule has 1 unspecified atom stereocenters. The van der Waals surface area contributed by atoms with E-state index in [0.29, 0.717) is 24.0 Å². The topological polar surface area (TPSA) is 63.4 Å². The number of benzene rings is 1. The largest absolute Gasteiger partial charge is 0.377 e. The van der Waals surface area contributed by atoms with E-state index in [0.717, 1.165) is 44.6 Å². The van der Waals surface area contributed by atoms with Crippen LogP contribution >= 0.6 is 0 Å². The number of rotatable bonds is 5. The van der Waals surface area contributed by atoms with Gasteiger partial charge in [0, 0.05) is 37.8 Å². The van der Waals surface area contributed by atoms with E-state index >= 15 is 0 Å². The van der Waals surface area contributed by atoms with Gasteiger partial charge in [-0.2, -0.15) is 4.98 Å². The summed E-state index contributed by atoms with van der Waals surface area (Å²) in [4.78, 5) is 6.97. The van der Waals surface area contributed by atoms with Gasteiger partial charge in [0.1, 0.15) is 0 Å². The molecule has 1 aromatic heterocycles. The van der Waals surface area contributed by atoms with Gasteiger partial charge in [0.25, 0.3) is 11.8 Å². The number of nitrogens with one attached hydrogen (secondary N) is 1. The summed E-state index contributed by atoms with van der Waals surface area (Å²) in [6.07, 6.45) is 5.07. The third-order valence-corrected chi connectivity index (χ3v) is 4.85. The summed E-state index contributed by atoms with van der Waals surface area (Å²) in [5.41, 5.74) is 0.949. The zero-order valence-electron chi connectivity index (χ0n) is 13.9. The van der Waals surface area contributed by atoms with Crippen molar-refractivity contribution in [1.29, 1.82) is 0 Å². The van der Waals surface area contributed by atoms with Crippen molar-refractivity contribution in [2.45, 2.75) is 37.8 Å². The minimum atomic E-state index is 0.409. The summed E-state index contributed by atoms with van der Waals surface area (Å²) in [5.74, 6) is 1.15. The Hall–Kier alpha value is -1.92. The maximum Gasteiger partial charge on any atom is 0.263 e. The van der Waals surface area contributed by atoms with Crippen LogP contribution in [0.1, 0.15) is 25.7 Å². The van der Waals surface area contributed by atoms with E-state index in [1.807, 2.05) is 30.3 Å². The standard InChI is InChI=1S/C18H24N4O2/c1-2-5-14(6-3-1)17-20-18(21-24-17)19-15-8-10-22(11-9-15)13-16-7-4-12-23-16/h1-3,5-6,15-16H,4,7-13H2,(H,19,21). The SMILES string of the molecule is c1ccc(-c2nc(NC3CCN(CC4CCCO4)CC3)no2)cc1. The van der Waals surface area contributed by atoms with Crippen LogP contribution in [-0.2, 0) is 4.74 Å². The predicted molar refractivity (Wildman–Crippen MR) is 91.8 cm³/mol. The van der Waals surface area contributed by atoms with Gasteiger partial charge in [-0.3, -0.25) is 0 Å². The van der Waals surface area contributed by atoms with Gasteiger partial charge in [-0.25, -0.2) is 0 Å². The Balaban J connectivity index is 1.27. The maximum atomic E-state index is 5.73. The highest BCUT2D eigenvalue weighted by atomic mass is 16.5. The van der Waals surface area contributed by atoms with Crippen molar-refractivity contribution < 1.29 is 9.26 Å². The van der Waals surface area contributed by atoms with Crippen LogP contribution in [-0.4, -0.2) is 53.4 Å². The van der Waals surface area contributed by atoms with Gasteiger partial charge in [-0.05, 0) is 43.0 Å². The Morgan fingerprint density at radius 3 is 2.71 bits per heavy atom. The second kappa shape index (κ2) is 7.32. The number of piperidine rings is 1. The highest BCUT2D eigenvalue weighted by molar-refractivity contribution is 5.53. The second-order valence-electron chi connectivity index (χ2n) is 6.64. The van der Waals surface area contributed by atoms with Crippen molar-refractivity contribution in [3.8, 4) is 11.5 Å². The number of likely N-dealkylation sites (tertiary alicyclic amines) is 1. The molecule has 0 radical (unpaired) electrons. The molecule has 0 spiro atoms. The molecule has 24 heavy (non-hydrogen) atoms. The van der Waals surface area contributed by atoms with Crippen LogP contribution in [0.5, 0.6) is 0 Å². The zero-order valence-corrected chi connectivity index (χ0v) is 13.9. The van der Waals surface area contributed by atoms with Crippen LogP contribution in [0.4, 0.5) is 5.95 Å². The molecule has 3 heterocycles. The summed E-state index contributed by atoms with van der Waals surface area (Å²) in [6, 6.07) is 10.3. The highest BCUT2D eigenvalue weighted by Gasteiger charge is 2.24. The lowest BCUT2D eigenvalue weighted by atomic mass is 10.0. The predicted octanol–water partition coefficient (Wildman–Crippen LogP) is 2.79. The van der Waals surface area contributed by atoms with Gasteiger partial charge >= 0.3 is 0 Å². The Morgan fingerprint density at radius 1 is 1.12 bits per heavy atom. The molecule has 6 nitrogen and oxygen atoms in total. The van der Waals surface area contributed by atoms with Gasteiger partial charge < -0.3 is 19.5 Å². The molecule has 0 amide bonds. The van der Waals surface area contributed by atoms with Crippen LogP contribution < -0.4 is 5.32 Å². The Kier molecular flexibility index (Phi) is 4.76. The van der Waals surface area contributed by atoms with E-state index < -0.39 is 0 Å². The number of aromatic nitrogens is 2. The normalized spacial score (nSPS) is 22.8. The molecule has 1 N–H and O–H groups in total. The van der Waals surface area contributed by atoms with Gasteiger partial charge in [0.05, 0.1) is 6.10 Å². The molecular formula is C18H24N4O2. The quantitative estimate of drug-likeness (QED) is 0.910. The number of ether oxygens (including phenoxy) is 1. The third-order valence-electron chi connectivity index (χ3n) is 4.85. The van der Waals surface area contributed by atoms with Crippen LogP contribution in [0.3, 0.4) is 0 Å². The lowest BCUT2D eigenvalue weighted by molar-refractivity contribution is 0.0654. The molecule has 0 bridgehead atoms. The first-order valence-electron chi connectivity index (χ1n) is 8.86. The number of anilines is 1. The summed E-state index contributed by atoms with van der Waals surface area (Å²) < 4.78 is 11.1. The van der Waals surface area contributed by atoms with Crippen molar-refractivity contribution >= 4 is 5.95 Å². The summed E-state index contributed by atoms with van der Waals surface area (Å²) in [7, 11) is 0. The Morgan fingerprint density at radius 2 is 1.96 bits per heavy atom. The fourth-order valence-electron chi connectivity index (χ4n) is 3.50. The molecule has 1 atom stereocenters. The van der Waals surface area contributed by atoms with Crippen LogP contribution in [0.2, 0.25) is 0 Å². The van der Waals surface area contributed by atoms with Gasteiger partial charge in [0.2, 0.25) is 0 Å². The fraction of sp³-hybridized carbons (Fsp3) is 0.556. The second-order valence-corrected chi connectivity index (χ2v) is 6.64. The van der Waals surface area contributed by atoms with Crippen molar-refractivity contribution in [2.75, 3.05) is 31.6 Å². The van der Waals surface area contributed by atoms with Crippen molar-refractivity contribution in [3.63, 3.8) is 0 Å². The molecule has 0 aliphatic carbocycles. The zero-order chi connectivity index (χ0) is 16.2. The Labute approximate surface area is 142 Å². The van der Waals surface area contributed by atoms with Crippen LogP contribution in [0.15, 0.2) is 34.9 Å². The minimum Gasteiger partial charge on any atom is -0.377 e. The van der Waals surface area contributed by atoms with E-state index in [1.165, 1.54) is 12.8 Å². The van der Waals surface area contributed by atoms with Crippen LogP contribution in [0, 0.1) is 0 Å². The van der Waals surface area contributed by atoms with E-state index in [4.69, 9.17) is 9.26 Å². The fourth-order valence-corrected chi connectivity index (χ4v) is 3.50. The van der Waals surface area contributed by atoms with Crippen molar-refractivity contribution in [1.82, 2.24) is 15.0 Å². The average Bonchev–Trinajstić information content (AvgIpc) is 3.29. The van der Waals surface area contributed by atoms with Crippen LogP contribution in [0.25, 0.3) is 11.5 Å². The first-order valence-corrected chi connectivity index (χ1v) is 8.86. The van der Waals surface area contributed by atoms with E-state index in [1.54, 1.807) is 0 Å². The molecule has 2 saturated heterocycles. The first-order chi connectivity index (χ1) is 11.9. The average molecular weight is 328 g/mol. The Bertz CT molecular complexity index is 631. The van der Waals surface area contributed by atoms with E-state index in [-0.39, 0.29) is 0 Å². The molecule has 2 aliphatic rings. The molecule has 128 valence electrons. The molecule has 2 aromatic rings. The molecule has 1 aromatic carbocycles. The van der Waals surface area contributed by atoms with Gasteiger partial charge in [-0.15, -0.1) is 0 Å². The summed E-state index contributed by atoms with van der Waals surface area (Å²) in [6.45, 7) is 4.21. The molecule has 0 saturated carbocycles. The summed E-state index contributed by atoms with van der Waals surface area (Å²) >= 11 is 0. The smallest absolute Gasteiger partial charge is 0.263 e. The molecule has 6 heteroatoms. The lowest BCUT2D eigenvalue weighted by Crippen LogP contribution is -2.42. The molecule has 4 rings (SSSR count). The van der Waals surface area contributed by atoms with Gasteiger partial charge in [-0.1, -0.05) is 18.2 Å². The van der Waals surface area contributed by atoms with Gasteiger partial charge in [0.15, 0.2) is 0 Å². The highest BCUT2D eigenvalue weighted by Crippen LogP contribution is 2.21. The molecule has 2 aliphatic heterocycles. The number of nitrogens with zero attached hydrogens (tertiary/aromatic N) is 3. The third kappa shape index (κ3) is 3.76. The lowest BCUT2D eigenvalue weighted by Gasteiger charge is -2.33. The molecule has 2 fully saturated rings. The maximum absolute atomic E-state index is 5.73. The first kappa shape index (κ1) is 15.6. The number of hydrogen-bond acceptors (Lipinski definition) is 6. The summed E-state index contributed by atoms with van der Waals surface area (Å²) in [5, 5.41) is 7.47. The van der Waals surface area contributed by atoms with Crippen molar-refractivity contribution in [3.05, 3.63) is 30.3 Å². The number of hydrogen-bond donors (Lipinski definition) is 1. The molecular weight excluding hydrogens is 304 g/mol. The van der Waals surface area contributed by atoms with Crippen molar-refractivity contribution in [2.24, 2.45) is 0 Å². The van der Waals surface area contributed by atoms with E-state index in [2.05, 4.69) is 20.4 Å².